The van der Waals surface area contributed by atoms with Crippen LogP contribution in [0.3, 0.4) is 0 Å². The number of aromatic nitrogens is 4. The van der Waals surface area contributed by atoms with Crippen LogP contribution in [0, 0.1) is 0 Å². The molecule has 0 radical (unpaired) electrons. The molecule has 0 spiro atoms. The van der Waals surface area contributed by atoms with E-state index in [0.717, 1.165) is 13.5 Å². The first-order valence-electron chi connectivity index (χ1n) is 10.1. The van der Waals surface area contributed by atoms with Gasteiger partial charge in [-0.1, -0.05) is 21.3 Å². The molecular formula is C20H42N5O6Tl. The van der Waals surface area contributed by atoms with Crippen molar-refractivity contribution in [3.05, 3.63) is 6.33 Å². The number of aliphatic hydroxyl groups excluding tert-OH is 2. The summed E-state index contributed by atoms with van der Waals surface area (Å²) in [6.45, 7) is 12.9. The van der Waals surface area contributed by atoms with Crippen molar-refractivity contribution >= 4 is 43.2 Å². The van der Waals surface area contributed by atoms with Crippen LogP contribution in [0.1, 0.15) is 68.5 Å². The van der Waals surface area contributed by atoms with Crippen LogP contribution < -0.4 is 7.86 Å². The van der Waals surface area contributed by atoms with Gasteiger partial charge < -0.3 is 15.3 Å². The van der Waals surface area contributed by atoms with Crippen LogP contribution >= 0.6 is 0 Å². The van der Waals surface area contributed by atoms with E-state index in [4.69, 9.17) is 24.8 Å². The van der Waals surface area contributed by atoms with E-state index < -0.39 is 5.79 Å². The molecule has 0 bridgehead atoms. The van der Waals surface area contributed by atoms with E-state index in [0.29, 0.717) is 55.7 Å². The van der Waals surface area contributed by atoms with Crippen LogP contribution in [-0.2, 0) is 4.74 Å². The Morgan fingerprint density at radius 3 is 2.12 bits per heavy atom. The van der Waals surface area contributed by atoms with Crippen molar-refractivity contribution in [1.82, 2.24) is 19.5 Å². The Balaban J connectivity index is -0.000000729. The van der Waals surface area contributed by atoms with Crippen molar-refractivity contribution in [2.24, 2.45) is 0 Å². The standard InChI is InChI=1S/C13H20N5O3.C3H8O2.C2H6.CH4O.CH4.Tl/c1-4-9(6-19)21-8(3)18-7-15-10-11(18)16-13(14)17-12(10)20-5-2;1-3(2,4)5;2*1-2;;/h7-9,19H,4-6H2,1-3H3,(H-,14,16,17);4-5H,1-2H3;1-2H3;2H,1H3;1H4;/q-1;;;;;+1. The van der Waals surface area contributed by atoms with Crippen molar-refractivity contribution in [2.75, 3.05) is 23.4 Å². The third-order valence-corrected chi connectivity index (χ3v) is 4.24. The van der Waals surface area contributed by atoms with Gasteiger partial charge in [0.05, 0.1) is 0 Å². The Kier molecular flexibility index (Phi) is 21.4. The van der Waals surface area contributed by atoms with Crippen LogP contribution in [0.5, 0.6) is 5.88 Å². The fourth-order valence-electron chi connectivity index (χ4n) is 2.07. The second-order valence-corrected chi connectivity index (χ2v) is 7.32. The summed E-state index contributed by atoms with van der Waals surface area (Å²) in [4.78, 5) is 13.1. The maximum atomic E-state index is 9.28. The second-order valence-electron chi connectivity index (χ2n) is 6.20. The van der Waals surface area contributed by atoms with E-state index in [1.165, 1.54) is 13.8 Å². The second kappa shape index (κ2) is 19.4. The average Bonchev–Trinajstić information content (AvgIpc) is 3.18. The van der Waals surface area contributed by atoms with Crippen molar-refractivity contribution in [3.8, 4) is 5.88 Å². The SMILES string of the molecule is C.CC.CC(C)(O)O.CCOc1nc([NH][Tl])nc2c1ncn2C(C)OC(CC)CO.CO. The number of aliphatic hydroxyl groups is 4. The summed E-state index contributed by atoms with van der Waals surface area (Å²) in [7, 11) is 1.00. The Labute approximate surface area is 208 Å². The van der Waals surface area contributed by atoms with Crippen LogP contribution in [0.2, 0.25) is 0 Å². The molecule has 0 aliphatic rings. The molecule has 0 saturated heterocycles. The summed E-state index contributed by atoms with van der Waals surface area (Å²) in [6.07, 6.45) is 1.89. The fraction of sp³-hybridized carbons (Fsp3) is 0.750. The number of hydrogen-bond acceptors (Lipinski definition) is 10. The minimum atomic E-state index is -1.50. The molecule has 2 aromatic rings. The van der Waals surface area contributed by atoms with Gasteiger partial charge in [0, 0.05) is 7.11 Å². The first-order chi connectivity index (χ1) is 14.6. The molecule has 11 nitrogen and oxygen atoms in total. The van der Waals surface area contributed by atoms with Gasteiger partial charge in [0.1, 0.15) is 0 Å². The third kappa shape index (κ3) is 13.4. The number of hydrogen-bond donors (Lipinski definition) is 5. The third-order valence-electron chi connectivity index (χ3n) is 3.24. The zero-order chi connectivity index (χ0) is 24.6. The smallest absolute Gasteiger partial charge is 0.0319 e. The van der Waals surface area contributed by atoms with Gasteiger partial charge in [-0.3, -0.25) is 0 Å². The number of anilines is 1. The molecule has 5 N–H and O–H groups in total. The van der Waals surface area contributed by atoms with Gasteiger partial charge in [-0.2, -0.15) is 0 Å². The van der Waals surface area contributed by atoms with E-state index >= 15 is 0 Å². The van der Waals surface area contributed by atoms with Gasteiger partial charge in [0.15, 0.2) is 5.79 Å². The molecule has 2 aromatic heterocycles. The van der Waals surface area contributed by atoms with Gasteiger partial charge in [-0.25, -0.2) is 0 Å². The quantitative estimate of drug-likeness (QED) is 0.211. The predicted molar refractivity (Wildman–Crippen MR) is 128 cm³/mol. The van der Waals surface area contributed by atoms with E-state index in [-0.39, 0.29) is 26.4 Å². The molecule has 0 amide bonds. The molecule has 0 aliphatic carbocycles. The Bertz CT molecular complexity index is 702. The number of ether oxygens (including phenoxy) is 2. The number of imidazole rings is 1. The normalized spacial score (nSPS) is 11.8. The summed E-state index contributed by atoms with van der Waals surface area (Å²) in [5, 5.41) is 32.4. The largest absolute Gasteiger partial charge is 0.400 e. The molecule has 186 valence electrons. The topological polar surface area (TPSA) is 155 Å². The summed E-state index contributed by atoms with van der Waals surface area (Å²) in [5.41, 5.74) is 1.26. The Hall–Kier alpha value is -1.13. The Morgan fingerprint density at radius 1 is 1.19 bits per heavy atom. The van der Waals surface area contributed by atoms with Crippen LogP contribution in [-0.4, -0.2) is 98.2 Å². The summed E-state index contributed by atoms with van der Waals surface area (Å²) in [6, 6.07) is 0. The molecule has 0 fully saturated rings. The van der Waals surface area contributed by atoms with Crippen molar-refractivity contribution < 1.29 is 29.9 Å². The number of nitrogens with one attached hydrogen (secondary N) is 1. The first kappa shape index (κ1) is 35.5. The zero-order valence-corrected chi connectivity index (χ0v) is 24.3. The first-order valence-corrected chi connectivity index (χ1v) is 12.4. The van der Waals surface area contributed by atoms with E-state index in [2.05, 4.69) is 18.1 Å². The predicted octanol–water partition coefficient (Wildman–Crippen LogP) is 2.00. The van der Waals surface area contributed by atoms with Crippen molar-refractivity contribution in [3.63, 3.8) is 0 Å². The average molecular weight is 653 g/mol. The molecule has 2 heterocycles. The van der Waals surface area contributed by atoms with Crippen LogP contribution in [0.15, 0.2) is 6.33 Å². The molecule has 32 heavy (non-hydrogen) atoms. The van der Waals surface area contributed by atoms with Crippen LogP contribution in [0.25, 0.3) is 11.2 Å². The zero-order valence-electron chi connectivity index (χ0n) is 19.8. The molecule has 2 rings (SSSR count). The molecule has 0 aliphatic heterocycles. The molecular weight excluding hydrogens is 611 g/mol. The van der Waals surface area contributed by atoms with E-state index in [9.17, 15) is 5.11 Å². The maximum absolute atomic E-state index is 9.28. The monoisotopic (exact) mass is 653 g/mol. The number of nitrogens with zero attached hydrogens (tertiary/aromatic N) is 4. The van der Waals surface area contributed by atoms with Gasteiger partial charge in [-0.05, 0) is 13.8 Å². The van der Waals surface area contributed by atoms with Gasteiger partial charge in [0.2, 0.25) is 0 Å². The van der Waals surface area contributed by atoms with Crippen molar-refractivity contribution in [1.29, 1.82) is 0 Å². The minimum Gasteiger partial charge on any atom is -0.400 e. The fourth-order valence-corrected chi connectivity index (χ4v) is 2.57. The molecule has 12 heteroatoms. The van der Waals surface area contributed by atoms with Gasteiger partial charge in [-0.15, -0.1) is 0 Å². The summed E-state index contributed by atoms with van der Waals surface area (Å²) >= 11 is 0.529. The van der Waals surface area contributed by atoms with Gasteiger partial charge >= 0.3 is 145 Å². The summed E-state index contributed by atoms with van der Waals surface area (Å²) < 4.78 is 16.3. The van der Waals surface area contributed by atoms with E-state index in [1.54, 1.807) is 6.33 Å². The number of rotatable bonds is 8. The molecule has 0 aromatic carbocycles. The van der Waals surface area contributed by atoms with E-state index in [1.807, 2.05) is 39.2 Å². The van der Waals surface area contributed by atoms with Crippen LogP contribution in [0.4, 0.5) is 5.95 Å². The van der Waals surface area contributed by atoms with Gasteiger partial charge in [0.25, 0.3) is 0 Å². The summed E-state index contributed by atoms with van der Waals surface area (Å²) in [5.74, 6) is -0.500. The molecule has 0 saturated carbocycles. The van der Waals surface area contributed by atoms with Crippen molar-refractivity contribution in [2.45, 2.75) is 80.4 Å². The molecule has 2 atom stereocenters. The minimum absolute atomic E-state index is 0. The maximum Gasteiger partial charge on any atom is 0.0319 e. The number of fused-ring (bicyclic) bond motifs is 1. The Morgan fingerprint density at radius 2 is 1.72 bits per heavy atom. The molecule has 2 unspecified atom stereocenters.